The molecule has 0 fully saturated rings. The third-order valence-electron chi connectivity index (χ3n) is 4.26. The van der Waals surface area contributed by atoms with E-state index in [9.17, 15) is 14.0 Å². The Morgan fingerprint density at radius 2 is 1.81 bits per heavy atom. The number of halogens is 3. The molecule has 144 valence electrons. The van der Waals surface area contributed by atoms with Crippen LogP contribution in [0.4, 0.5) is 4.39 Å². The lowest BCUT2D eigenvalue weighted by atomic mass is 10.1. The van der Waals surface area contributed by atoms with E-state index in [1.807, 2.05) is 6.92 Å². The van der Waals surface area contributed by atoms with Gasteiger partial charge in [-0.3, -0.25) is 9.59 Å². The molecule has 2 rings (SSSR count). The Morgan fingerprint density at radius 3 is 2.37 bits per heavy atom. The molecule has 0 radical (unpaired) electrons. The second-order valence-corrected chi connectivity index (χ2v) is 6.94. The van der Waals surface area contributed by atoms with Crippen LogP contribution in [0, 0.1) is 5.82 Å². The van der Waals surface area contributed by atoms with Gasteiger partial charge in [0.1, 0.15) is 11.9 Å². The highest BCUT2D eigenvalue weighted by Gasteiger charge is 2.28. The van der Waals surface area contributed by atoms with Crippen LogP contribution in [-0.2, 0) is 22.6 Å². The maximum atomic E-state index is 13.1. The number of hydrogen-bond donors (Lipinski definition) is 1. The van der Waals surface area contributed by atoms with Crippen molar-refractivity contribution in [3.63, 3.8) is 0 Å². The van der Waals surface area contributed by atoms with E-state index in [2.05, 4.69) is 5.32 Å². The molecule has 0 aromatic heterocycles. The third kappa shape index (κ3) is 5.68. The molecule has 0 heterocycles. The second-order valence-electron chi connectivity index (χ2n) is 6.10. The zero-order chi connectivity index (χ0) is 20.0. The summed E-state index contributed by atoms with van der Waals surface area (Å²) in [5.74, 6) is -0.870. The van der Waals surface area contributed by atoms with Gasteiger partial charge in [-0.15, -0.1) is 0 Å². The van der Waals surface area contributed by atoms with Gasteiger partial charge in [-0.05, 0) is 41.8 Å². The fourth-order valence-electron chi connectivity index (χ4n) is 2.80. The lowest BCUT2D eigenvalue weighted by Crippen LogP contribution is -2.48. The van der Waals surface area contributed by atoms with Gasteiger partial charge < -0.3 is 10.2 Å². The van der Waals surface area contributed by atoms with Crippen molar-refractivity contribution in [3.05, 3.63) is 69.5 Å². The number of hydrogen-bond acceptors (Lipinski definition) is 2. The molecule has 0 bridgehead atoms. The summed E-state index contributed by atoms with van der Waals surface area (Å²) in [5, 5.41) is 3.51. The lowest BCUT2D eigenvalue weighted by Gasteiger charge is -2.30. The average molecular weight is 411 g/mol. The van der Waals surface area contributed by atoms with E-state index < -0.39 is 6.04 Å². The summed E-state index contributed by atoms with van der Waals surface area (Å²) in [6.07, 6.45) is 0.499. The number of rotatable bonds is 7. The number of amides is 2. The van der Waals surface area contributed by atoms with Crippen molar-refractivity contribution < 1.29 is 14.0 Å². The predicted molar refractivity (Wildman–Crippen MR) is 105 cm³/mol. The van der Waals surface area contributed by atoms with Crippen molar-refractivity contribution in [1.29, 1.82) is 0 Å². The largest absolute Gasteiger partial charge is 0.357 e. The average Bonchev–Trinajstić information content (AvgIpc) is 2.64. The van der Waals surface area contributed by atoms with Crippen molar-refractivity contribution in [2.45, 2.75) is 32.4 Å². The number of benzene rings is 2. The van der Waals surface area contributed by atoms with Crippen LogP contribution in [0.3, 0.4) is 0 Å². The van der Waals surface area contributed by atoms with Gasteiger partial charge in [0.15, 0.2) is 0 Å². The molecule has 2 amide bonds. The molecular weight excluding hydrogens is 390 g/mol. The number of carbonyl (C=O) groups is 2. The summed E-state index contributed by atoms with van der Waals surface area (Å²) < 4.78 is 13.1. The summed E-state index contributed by atoms with van der Waals surface area (Å²) in [6.45, 7) is 2.00. The molecule has 0 aliphatic carbocycles. The fourth-order valence-corrected chi connectivity index (χ4v) is 3.27. The molecule has 0 saturated heterocycles. The van der Waals surface area contributed by atoms with Gasteiger partial charge >= 0.3 is 0 Å². The van der Waals surface area contributed by atoms with Crippen molar-refractivity contribution in [2.75, 3.05) is 7.05 Å². The first-order valence-electron chi connectivity index (χ1n) is 8.55. The van der Waals surface area contributed by atoms with Gasteiger partial charge in [-0.25, -0.2) is 4.39 Å². The SMILES string of the molecule is CCC(C(=O)NC)N(Cc1ccc(Cl)cc1Cl)C(=O)Cc1ccc(F)cc1. The lowest BCUT2D eigenvalue weighted by molar-refractivity contribution is -0.140. The molecule has 1 atom stereocenters. The first-order chi connectivity index (χ1) is 12.8. The molecule has 2 aromatic carbocycles. The highest BCUT2D eigenvalue weighted by Crippen LogP contribution is 2.24. The topological polar surface area (TPSA) is 49.4 Å². The zero-order valence-corrected chi connectivity index (χ0v) is 16.6. The Labute approximate surface area is 168 Å². The van der Waals surface area contributed by atoms with E-state index in [1.54, 1.807) is 30.3 Å². The number of nitrogens with zero attached hydrogens (tertiary/aromatic N) is 1. The molecule has 4 nitrogen and oxygen atoms in total. The number of likely N-dealkylation sites (N-methyl/N-ethyl adjacent to an activating group) is 1. The summed E-state index contributed by atoms with van der Waals surface area (Å²) in [4.78, 5) is 26.8. The minimum Gasteiger partial charge on any atom is -0.357 e. The van der Waals surface area contributed by atoms with Crippen LogP contribution in [0.15, 0.2) is 42.5 Å². The van der Waals surface area contributed by atoms with E-state index in [0.717, 1.165) is 0 Å². The van der Waals surface area contributed by atoms with Gasteiger partial charge in [0.05, 0.1) is 6.42 Å². The van der Waals surface area contributed by atoms with Crippen molar-refractivity contribution >= 4 is 35.0 Å². The van der Waals surface area contributed by atoms with Crippen molar-refractivity contribution in [3.8, 4) is 0 Å². The van der Waals surface area contributed by atoms with Gasteiger partial charge in [0, 0.05) is 23.6 Å². The highest BCUT2D eigenvalue weighted by atomic mass is 35.5. The van der Waals surface area contributed by atoms with Crippen LogP contribution in [-0.4, -0.2) is 29.8 Å². The van der Waals surface area contributed by atoms with Gasteiger partial charge in [0.25, 0.3) is 0 Å². The fraction of sp³-hybridized carbons (Fsp3) is 0.300. The van der Waals surface area contributed by atoms with Gasteiger partial charge in [-0.2, -0.15) is 0 Å². The van der Waals surface area contributed by atoms with E-state index >= 15 is 0 Å². The van der Waals surface area contributed by atoms with E-state index in [-0.39, 0.29) is 30.6 Å². The smallest absolute Gasteiger partial charge is 0.242 e. The number of carbonyl (C=O) groups excluding carboxylic acids is 2. The summed E-state index contributed by atoms with van der Waals surface area (Å²) in [5.41, 5.74) is 1.36. The third-order valence-corrected chi connectivity index (χ3v) is 4.84. The standard InChI is InChI=1S/C20H21Cl2FN2O2/c1-3-18(20(27)24-2)25(12-14-6-7-15(21)11-17(14)22)19(26)10-13-4-8-16(23)9-5-13/h4-9,11,18H,3,10,12H2,1-2H3,(H,24,27). The van der Waals surface area contributed by atoms with Crippen LogP contribution < -0.4 is 5.32 Å². The maximum Gasteiger partial charge on any atom is 0.242 e. The second kappa shape index (κ2) is 9.72. The van der Waals surface area contributed by atoms with Crippen LogP contribution in [0.25, 0.3) is 0 Å². The molecule has 7 heteroatoms. The Bertz CT molecular complexity index is 812. The van der Waals surface area contributed by atoms with E-state index in [0.29, 0.717) is 27.6 Å². The van der Waals surface area contributed by atoms with E-state index in [1.165, 1.54) is 24.1 Å². The van der Waals surface area contributed by atoms with Crippen molar-refractivity contribution in [2.24, 2.45) is 0 Å². The normalized spacial score (nSPS) is 11.7. The highest BCUT2D eigenvalue weighted by molar-refractivity contribution is 6.35. The first-order valence-corrected chi connectivity index (χ1v) is 9.30. The Morgan fingerprint density at radius 1 is 1.15 bits per heavy atom. The molecule has 0 saturated carbocycles. The van der Waals surface area contributed by atoms with Crippen LogP contribution in [0.1, 0.15) is 24.5 Å². The number of nitrogens with one attached hydrogen (secondary N) is 1. The van der Waals surface area contributed by atoms with Gasteiger partial charge in [-0.1, -0.05) is 48.3 Å². The Balaban J connectivity index is 2.31. The van der Waals surface area contributed by atoms with Crippen molar-refractivity contribution in [1.82, 2.24) is 10.2 Å². The van der Waals surface area contributed by atoms with E-state index in [4.69, 9.17) is 23.2 Å². The van der Waals surface area contributed by atoms with Crippen LogP contribution in [0.5, 0.6) is 0 Å². The Hall–Kier alpha value is -2.11. The van der Waals surface area contributed by atoms with Crippen LogP contribution in [0.2, 0.25) is 10.0 Å². The maximum absolute atomic E-state index is 13.1. The summed E-state index contributed by atoms with van der Waals surface area (Å²) in [7, 11) is 1.53. The van der Waals surface area contributed by atoms with Gasteiger partial charge in [0.2, 0.25) is 11.8 Å². The predicted octanol–water partition coefficient (Wildman–Crippen LogP) is 4.23. The molecule has 27 heavy (non-hydrogen) atoms. The molecule has 0 aliphatic rings. The quantitative estimate of drug-likeness (QED) is 0.742. The molecule has 2 aromatic rings. The minimum atomic E-state index is -0.644. The summed E-state index contributed by atoms with van der Waals surface area (Å²) >= 11 is 12.2. The van der Waals surface area contributed by atoms with Crippen LogP contribution >= 0.6 is 23.2 Å². The Kier molecular flexibility index (Phi) is 7.63. The summed E-state index contributed by atoms with van der Waals surface area (Å²) in [6, 6.07) is 10.1. The molecule has 0 aliphatic heterocycles. The minimum absolute atomic E-state index is 0.0545. The molecular formula is C20H21Cl2FN2O2. The first kappa shape index (κ1) is 21.2. The molecule has 1 unspecified atom stereocenters. The molecule has 1 N–H and O–H groups in total. The molecule has 0 spiro atoms. The zero-order valence-electron chi connectivity index (χ0n) is 15.1. The monoisotopic (exact) mass is 410 g/mol.